The summed E-state index contributed by atoms with van der Waals surface area (Å²) >= 11 is 0. The molecular weight excluding hydrogens is 550 g/mol. The number of aromatic amines is 1. The highest BCUT2D eigenvalue weighted by Crippen LogP contribution is 2.26. The second-order valence-electron chi connectivity index (χ2n) is 8.91. The molecular formula is C28H27N5O7S. The van der Waals surface area contributed by atoms with E-state index < -0.39 is 10.1 Å². The zero-order valence-corrected chi connectivity index (χ0v) is 22.8. The molecule has 212 valence electrons. The first kappa shape index (κ1) is 29.1. The van der Waals surface area contributed by atoms with E-state index in [-0.39, 0.29) is 28.5 Å². The number of tetrazole rings is 1. The molecule has 0 fully saturated rings. The van der Waals surface area contributed by atoms with Crippen molar-refractivity contribution in [3.05, 3.63) is 100 Å². The van der Waals surface area contributed by atoms with Crippen LogP contribution in [-0.4, -0.2) is 52.4 Å². The van der Waals surface area contributed by atoms with Crippen LogP contribution >= 0.6 is 0 Å². The number of hydrogen-bond acceptors (Lipinski definition) is 9. The fourth-order valence-corrected chi connectivity index (χ4v) is 3.82. The van der Waals surface area contributed by atoms with Crippen molar-refractivity contribution in [3.63, 3.8) is 0 Å². The van der Waals surface area contributed by atoms with E-state index in [1.807, 2.05) is 18.2 Å². The van der Waals surface area contributed by atoms with Crippen molar-refractivity contribution >= 4 is 32.7 Å². The summed E-state index contributed by atoms with van der Waals surface area (Å²) in [5.41, 5.74) is 2.10. The van der Waals surface area contributed by atoms with Gasteiger partial charge in [0.25, 0.3) is 16.0 Å². The Balaban J connectivity index is 0.000000714. The lowest BCUT2D eigenvalue weighted by Crippen LogP contribution is -2.13. The monoisotopic (exact) mass is 577 g/mol. The predicted molar refractivity (Wildman–Crippen MR) is 152 cm³/mol. The van der Waals surface area contributed by atoms with Gasteiger partial charge in [0.1, 0.15) is 5.75 Å². The van der Waals surface area contributed by atoms with Gasteiger partial charge in [-0.1, -0.05) is 36.4 Å². The number of amides is 1. The number of para-hydroxylation sites is 1. The second kappa shape index (κ2) is 13.5. The van der Waals surface area contributed by atoms with E-state index in [9.17, 15) is 18.0 Å². The molecule has 0 unspecified atom stereocenters. The molecule has 2 heterocycles. The fraction of sp³-hybridized carbons (Fsp3) is 0.179. The molecule has 0 saturated heterocycles. The Bertz CT molecular complexity index is 1750. The van der Waals surface area contributed by atoms with Crippen LogP contribution in [0.25, 0.3) is 22.6 Å². The normalized spacial score (nSPS) is 11.0. The van der Waals surface area contributed by atoms with Gasteiger partial charge in [0, 0.05) is 11.6 Å². The van der Waals surface area contributed by atoms with Crippen molar-refractivity contribution in [2.75, 3.05) is 18.2 Å². The number of aromatic nitrogens is 4. The molecule has 0 aliphatic carbocycles. The number of H-pyrrole nitrogens is 1. The predicted octanol–water partition coefficient (Wildman–Crippen LogP) is 4.13. The highest BCUT2D eigenvalue weighted by molar-refractivity contribution is 7.85. The summed E-state index contributed by atoms with van der Waals surface area (Å²) < 4.78 is 37.5. The van der Waals surface area contributed by atoms with E-state index >= 15 is 0 Å². The van der Waals surface area contributed by atoms with E-state index in [0.29, 0.717) is 35.2 Å². The van der Waals surface area contributed by atoms with Crippen LogP contribution in [0.3, 0.4) is 0 Å². The third kappa shape index (κ3) is 8.81. The number of fused-ring (bicyclic) bond motifs is 1. The van der Waals surface area contributed by atoms with E-state index in [0.717, 1.165) is 19.3 Å². The molecule has 0 saturated carbocycles. The molecule has 13 heteroatoms. The van der Waals surface area contributed by atoms with Crippen LogP contribution in [0.15, 0.2) is 88.1 Å². The Morgan fingerprint density at radius 1 is 1.02 bits per heavy atom. The van der Waals surface area contributed by atoms with Gasteiger partial charge in [0.2, 0.25) is 5.82 Å². The van der Waals surface area contributed by atoms with Gasteiger partial charge in [-0.3, -0.25) is 14.1 Å². The molecule has 0 atom stereocenters. The molecule has 0 spiro atoms. The van der Waals surface area contributed by atoms with Gasteiger partial charge < -0.3 is 14.5 Å². The summed E-state index contributed by atoms with van der Waals surface area (Å²) in [6.45, 7) is 0.608. The molecule has 41 heavy (non-hydrogen) atoms. The Hall–Kier alpha value is -4.88. The SMILES string of the molecule is CS(=O)(=O)O.O=C(Nc1cccc2c(=O)cc(-c3nnn[nH]3)oc12)c1ccc(OCCCCc2ccccc2)cc1. The van der Waals surface area contributed by atoms with Crippen LogP contribution in [0.2, 0.25) is 0 Å². The number of rotatable bonds is 9. The van der Waals surface area contributed by atoms with Gasteiger partial charge in [0.05, 0.1) is 23.9 Å². The van der Waals surface area contributed by atoms with Gasteiger partial charge in [-0.15, -0.1) is 5.10 Å². The first-order valence-corrected chi connectivity index (χ1v) is 14.3. The average molecular weight is 578 g/mol. The Morgan fingerprint density at radius 3 is 2.44 bits per heavy atom. The second-order valence-corrected chi connectivity index (χ2v) is 10.4. The number of hydrogen-bond donors (Lipinski definition) is 3. The summed E-state index contributed by atoms with van der Waals surface area (Å²) in [7, 11) is -3.67. The minimum absolute atomic E-state index is 0.171. The van der Waals surface area contributed by atoms with Gasteiger partial charge in [-0.05, 0) is 71.7 Å². The number of nitrogens with zero attached hydrogens (tertiary/aromatic N) is 3. The lowest BCUT2D eigenvalue weighted by atomic mass is 10.1. The molecule has 3 N–H and O–H groups in total. The average Bonchev–Trinajstić information content (AvgIpc) is 3.49. The van der Waals surface area contributed by atoms with Gasteiger partial charge in [0.15, 0.2) is 16.8 Å². The molecule has 3 aromatic carbocycles. The maximum absolute atomic E-state index is 12.9. The van der Waals surface area contributed by atoms with Crippen LogP contribution < -0.4 is 15.5 Å². The number of carbonyl (C=O) groups is 1. The minimum Gasteiger partial charge on any atom is -0.494 e. The quantitative estimate of drug-likeness (QED) is 0.170. The third-order valence-corrected chi connectivity index (χ3v) is 5.67. The summed E-state index contributed by atoms with van der Waals surface area (Å²) in [5, 5.41) is 16.5. The van der Waals surface area contributed by atoms with Gasteiger partial charge in [-0.2, -0.15) is 8.42 Å². The van der Waals surface area contributed by atoms with Crippen LogP contribution in [0, 0.1) is 0 Å². The van der Waals surface area contributed by atoms with Crippen LogP contribution in [0.5, 0.6) is 5.75 Å². The van der Waals surface area contributed by atoms with Gasteiger partial charge in [-0.25, -0.2) is 5.10 Å². The van der Waals surface area contributed by atoms with E-state index in [1.54, 1.807) is 42.5 Å². The molecule has 1 amide bonds. The van der Waals surface area contributed by atoms with Crippen molar-refractivity contribution in [1.29, 1.82) is 0 Å². The third-order valence-electron chi connectivity index (χ3n) is 5.67. The first-order chi connectivity index (χ1) is 19.7. The lowest BCUT2D eigenvalue weighted by molar-refractivity contribution is 0.102. The number of unbranched alkanes of at least 4 members (excludes halogenated alkanes) is 1. The molecule has 2 aromatic heterocycles. The standard InChI is InChI=1S/C27H23N5O4.CH4O3S/c33-23-17-24(26-29-31-32-30-26)36-25-21(23)10-6-11-22(25)28-27(34)19-12-14-20(15-13-19)35-16-5-4-9-18-7-2-1-3-8-18;1-5(2,3)4/h1-3,6-8,10-15,17H,4-5,9,16H2,(H,28,34)(H,29,30,31,32);1H3,(H,2,3,4). The molecule has 0 bridgehead atoms. The van der Waals surface area contributed by atoms with Crippen molar-refractivity contribution in [3.8, 4) is 17.3 Å². The lowest BCUT2D eigenvalue weighted by Gasteiger charge is -2.10. The molecule has 0 aliphatic rings. The van der Waals surface area contributed by atoms with E-state index in [2.05, 4.69) is 38.1 Å². The number of anilines is 1. The number of ether oxygens (including phenoxy) is 1. The maximum Gasteiger partial charge on any atom is 0.261 e. The highest BCUT2D eigenvalue weighted by atomic mass is 32.2. The first-order valence-electron chi connectivity index (χ1n) is 12.5. The van der Waals surface area contributed by atoms with Crippen molar-refractivity contribution in [2.45, 2.75) is 19.3 Å². The molecule has 12 nitrogen and oxygen atoms in total. The summed E-state index contributed by atoms with van der Waals surface area (Å²) in [4.78, 5) is 25.5. The van der Waals surface area contributed by atoms with E-state index in [1.165, 1.54) is 11.6 Å². The summed E-state index contributed by atoms with van der Waals surface area (Å²) in [6.07, 6.45) is 3.72. The Labute approximate surface area is 235 Å². The fourth-order valence-electron chi connectivity index (χ4n) is 3.82. The maximum atomic E-state index is 12.9. The smallest absolute Gasteiger partial charge is 0.261 e. The topological polar surface area (TPSA) is 177 Å². The summed E-state index contributed by atoms with van der Waals surface area (Å²) in [6, 6.07) is 23.6. The molecule has 0 radical (unpaired) electrons. The minimum atomic E-state index is -3.67. The van der Waals surface area contributed by atoms with Crippen molar-refractivity contribution in [1.82, 2.24) is 20.6 Å². The number of nitrogens with one attached hydrogen (secondary N) is 2. The van der Waals surface area contributed by atoms with Crippen LogP contribution in [-0.2, 0) is 16.5 Å². The zero-order valence-electron chi connectivity index (χ0n) is 22.0. The van der Waals surface area contributed by atoms with Crippen LogP contribution in [0.1, 0.15) is 28.8 Å². The van der Waals surface area contributed by atoms with Crippen molar-refractivity contribution in [2.24, 2.45) is 0 Å². The number of carbonyl (C=O) groups excluding carboxylic acids is 1. The van der Waals surface area contributed by atoms with Crippen LogP contribution in [0.4, 0.5) is 5.69 Å². The molecule has 0 aliphatic heterocycles. The Kier molecular flexibility index (Phi) is 9.55. The largest absolute Gasteiger partial charge is 0.494 e. The molecule has 5 aromatic rings. The number of aryl methyl sites for hydroxylation is 1. The van der Waals surface area contributed by atoms with Crippen molar-refractivity contribution < 1.29 is 26.9 Å². The molecule has 5 rings (SSSR count). The number of benzene rings is 3. The zero-order chi connectivity index (χ0) is 29.2. The van der Waals surface area contributed by atoms with Gasteiger partial charge >= 0.3 is 0 Å². The highest BCUT2D eigenvalue weighted by Gasteiger charge is 2.15. The van der Waals surface area contributed by atoms with E-state index in [4.69, 9.17) is 13.7 Å². The Morgan fingerprint density at radius 2 is 1.76 bits per heavy atom. The summed E-state index contributed by atoms with van der Waals surface area (Å²) in [5.74, 6) is 0.745.